The summed E-state index contributed by atoms with van der Waals surface area (Å²) in [6.45, 7) is 7.98. The fourth-order valence-electron chi connectivity index (χ4n) is 1.28. The van der Waals surface area contributed by atoms with Crippen molar-refractivity contribution in [3.05, 3.63) is 33.7 Å². The zero-order chi connectivity index (χ0) is 10.9. The van der Waals surface area contributed by atoms with Crippen LogP contribution in [0.1, 0.15) is 45.0 Å². The van der Waals surface area contributed by atoms with Crippen molar-refractivity contribution in [1.82, 2.24) is 4.98 Å². The van der Waals surface area contributed by atoms with E-state index in [1.54, 1.807) is 6.92 Å². The summed E-state index contributed by atoms with van der Waals surface area (Å²) >= 11 is 0. The first-order valence-electron chi connectivity index (χ1n) is 4.81. The zero-order valence-electron chi connectivity index (χ0n) is 9.22. The number of nitrogens with one attached hydrogen (secondary N) is 1. The van der Waals surface area contributed by atoms with E-state index in [1.807, 2.05) is 12.1 Å². The summed E-state index contributed by atoms with van der Waals surface area (Å²) in [5.41, 5.74) is 7.12. The highest BCUT2D eigenvalue weighted by atomic mass is 16.1. The van der Waals surface area contributed by atoms with E-state index in [1.165, 1.54) is 0 Å². The summed E-state index contributed by atoms with van der Waals surface area (Å²) in [6, 6.07) is 3.53. The molecule has 78 valence electrons. The van der Waals surface area contributed by atoms with Crippen LogP contribution in [0, 0.1) is 0 Å². The molecule has 0 aliphatic carbocycles. The predicted octanol–water partition coefficient (Wildman–Crippen LogP) is 1.69. The highest BCUT2D eigenvalue weighted by molar-refractivity contribution is 5.21. The van der Waals surface area contributed by atoms with Crippen molar-refractivity contribution in [2.24, 2.45) is 5.73 Å². The normalized spacial score (nSPS) is 14.1. The SMILES string of the molecule is C[C@@H](N)c1ccc(C(C)(C)C)[nH]c1=O. The van der Waals surface area contributed by atoms with Crippen LogP contribution in [0.15, 0.2) is 16.9 Å². The second kappa shape index (κ2) is 3.58. The maximum Gasteiger partial charge on any atom is 0.252 e. The topological polar surface area (TPSA) is 58.9 Å². The summed E-state index contributed by atoms with van der Waals surface area (Å²) in [7, 11) is 0. The van der Waals surface area contributed by atoms with Gasteiger partial charge in [-0.25, -0.2) is 0 Å². The first kappa shape index (κ1) is 11.0. The van der Waals surface area contributed by atoms with Crippen LogP contribution in [0.2, 0.25) is 0 Å². The van der Waals surface area contributed by atoms with Crippen molar-refractivity contribution in [1.29, 1.82) is 0 Å². The molecule has 0 saturated heterocycles. The van der Waals surface area contributed by atoms with Gasteiger partial charge in [-0.15, -0.1) is 0 Å². The van der Waals surface area contributed by atoms with Crippen LogP contribution in [0.3, 0.4) is 0 Å². The lowest BCUT2D eigenvalue weighted by Crippen LogP contribution is -2.24. The van der Waals surface area contributed by atoms with Crippen molar-refractivity contribution in [3.8, 4) is 0 Å². The summed E-state index contributed by atoms with van der Waals surface area (Å²) in [6.07, 6.45) is 0. The number of hydrogen-bond donors (Lipinski definition) is 2. The average molecular weight is 194 g/mol. The number of aromatic nitrogens is 1. The molecule has 14 heavy (non-hydrogen) atoms. The van der Waals surface area contributed by atoms with Crippen LogP contribution in [0.25, 0.3) is 0 Å². The van der Waals surface area contributed by atoms with Crippen LogP contribution < -0.4 is 11.3 Å². The van der Waals surface area contributed by atoms with E-state index in [4.69, 9.17) is 5.73 Å². The maximum atomic E-state index is 11.6. The zero-order valence-corrected chi connectivity index (χ0v) is 9.22. The Labute approximate surface area is 84.3 Å². The van der Waals surface area contributed by atoms with E-state index in [0.717, 1.165) is 5.69 Å². The lowest BCUT2D eigenvalue weighted by molar-refractivity contribution is 0.565. The molecular formula is C11H18N2O. The average Bonchev–Trinajstić information content (AvgIpc) is 2.01. The van der Waals surface area contributed by atoms with Crippen molar-refractivity contribution < 1.29 is 0 Å². The molecule has 0 amide bonds. The largest absolute Gasteiger partial charge is 0.325 e. The molecule has 0 spiro atoms. The quantitative estimate of drug-likeness (QED) is 0.714. The molecule has 0 fully saturated rings. The van der Waals surface area contributed by atoms with Gasteiger partial charge in [0.05, 0.1) is 0 Å². The maximum absolute atomic E-state index is 11.6. The summed E-state index contributed by atoms with van der Waals surface area (Å²) in [4.78, 5) is 14.5. The predicted molar refractivity (Wildman–Crippen MR) is 58.4 cm³/mol. The fourth-order valence-corrected chi connectivity index (χ4v) is 1.28. The van der Waals surface area contributed by atoms with Crippen molar-refractivity contribution >= 4 is 0 Å². The molecule has 1 aromatic rings. The van der Waals surface area contributed by atoms with Crippen LogP contribution >= 0.6 is 0 Å². The van der Waals surface area contributed by atoms with E-state index in [-0.39, 0.29) is 17.0 Å². The van der Waals surface area contributed by atoms with E-state index < -0.39 is 0 Å². The molecule has 0 radical (unpaired) electrons. The van der Waals surface area contributed by atoms with Gasteiger partial charge in [0.25, 0.3) is 5.56 Å². The van der Waals surface area contributed by atoms with E-state index in [2.05, 4.69) is 25.8 Å². The first-order valence-corrected chi connectivity index (χ1v) is 4.81. The minimum absolute atomic E-state index is 0.0322. The van der Waals surface area contributed by atoms with E-state index in [9.17, 15) is 4.79 Å². The molecule has 1 aromatic heterocycles. The molecule has 3 heteroatoms. The molecule has 0 aliphatic rings. The van der Waals surface area contributed by atoms with Gasteiger partial charge >= 0.3 is 0 Å². The Morgan fingerprint density at radius 3 is 2.29 bits per heavy atom. The van der Waals surface area contributed by atoms with E-state index >= 15 is 0 Å². The molecule has 3 N–H and O–H groups in total. The number of H-pyrrole nitrogens is 1. The van der Waals surface area contributed by atoms with Gasteiger partial charge in [-0.3, -0.25) is 4.79 Å². The van der Waals surface area contributed by atoms with Crippen LogP contribution in [-0.2, 0) is 5.41 Å². The van der Waals surface area contributed by atoms with Crippen molar-refractivity contribution in [3.63, 3.8) is 0 Å². The highest BCUT2D eigenvalue weighted by Gasteiger charge is 2.15. The number of aromatic amines is 1. The minimum Gasteiger partial charge on any atom is -0.325 e. The third kappa shape index (κ3) is 2.23. The fraction of sp³-hybridized carbons (Fsp3) is 0.545. The third-order valence-corrected chi connectivity index (χ3v) is 2.24. The molecule has 0 unspecified atom stereocenters. The lowest BCUT2D eigenvalue weighted by atomic mass is 9.91. The third-order valence-electron chi connectivity index (χ3n) is 2.24. The summed E-state index contributed by atoms with van der Waals surface area (Å²) in [5.74, 6) is 0. The first-order chi connectivity index (χ1) is 6.32. The Kier molecular flexibility index (Phi) is 2.81. The van der Waals surface area contributed by atoms with Gasteiger partial charge < -0.3 is 10.7 Å². The standard InChI is InChI=1S/C11H18N2O/c1-7(12)8-5-6-9(11(2,3)4)13-10(8)14/h5-7H,12H2,1-4H3,(H,13,14)/t7-/m1/s1. The summed E-state index contributed by atoms with van der Waals surface area (Å²) in [5, 5.41) is 0. The molecule has 3 nitrogen and oxygen atoms in total. The van der Waals surface area contributed by atoms with Gasteiger partial charge in [0.2, 0.25) is 0 Å². The summed E-state index contributed by atoms with van der Waals surface area (Å²) < 4.78 is 0. The Hall–Kier alpha value is -1.09. The molecule has 0 bridgehead atoms. The highest BCUT2D eigenvalue weighted by Crippen LogP contribution is 2.19. The Morgan fingerprint density at radius 2 is 1.93 bits per heavy atom. The monoisotopic (exact) mass is 194 g/mol. The second-order valence-electron chi connectivity index (χ2n) is 4.70. The molecule has 1 rings (SSSR count). The molecule has 0 saturated carbocycles. The lowest BCUT2D eigenvalue weighted by Gasteiger charge is -2.18. The number of nitrogens with two attached hydrogens (primary N) is 1. The van der Waals surface area contributed by atoms with Gasteiger partial charge in [-0.05, 0) is 13.0 Å². The van der Waals surface area contributed by atoms with Gasteiger partial charge in [0, 0.05) is 22.7 Å². The smallest absolute Gasteiger partial charge is 0.252 e. The van der Waals surface area contributed by atoms with Crippen molar-refractivity contribution in [2.45, 2.75) is 39.2 Å². The number of pyridine rings is 1. The molecular weight excluding hydrogens is 176 g/mol. The molecule has 1 atom stereocenters. The molecule has 0 aliphatic heterocycles. The second-order valence-corrected chi connectivity index (χ2v) is 4.70. The molecule has 1 heterocycles. The number of hydrogen-bond acceptors (Lipinski definition) is 2. The molecule has 0 aromatic carbocycles. The van der Waals surface area contributed by atoms with Crippen LogP contribution in [0.4, 0.5) is 0 Å². The van der Waals surface area contributed by atoms with Gasteiger partial charge in [-0.1, -0.05) is 26.8 Å². The van der Waals surface area contributed by atoms with Crippen LogP contribution in [-0.4, -0.2) is 4.98 Å². The van der Waals surface area contributed by atoms with Gasteiger partial charge in [0.15, 0.2) is 0 Å². The Morgan fingerprint density at radius 1 is 1.36 bits per heavy atom. The van der Waals surface area contributed by atoms with Gasteiger partial charge in [-0.2, -0.15) is 0 Å². The van der Waals surface area contributed by atoms with Crippen LogP contribution in [0.5, 0.6) is 0 Å². The van der Waals surface area contributed by atoms with Crippen molar-refractivity contribution in [2.75, 3.05) is 0 Å². The van der Waals surface area contributed by atoms with Gasteiger partial charge in [0.1, 0.15) is 0 Å². The van der Waals surface area contributed by atoms with E-state index in [0.29, 0.717) is 5.56 Å². The minimum atomic E-state index is -0.215. The number of rotatable bonds is 1. The Bertz CT molecular complexity index is 372. The Balaban J connectivity index is 3.21.